The molecule has 6 N–H and O–H groups in total. The highest BCUT2D eigenvalue weighted by atomic mass is 35.5. The van der Waals surface area contributed by atoms with Crippen molar-refractivity contribution in [1.82, 2.24) is 9.97 Å². The standard InChI is InChI=1S/2C8H11ClN2O3S/c2*1-5(15(10,13)14)8(12)6-3-2-4-7(9)11-6/h2*2-5,8,12H,1H3,(H2,10,13,14)/t2*5-,8-/m10/s1. The van der Waals surface area contributed by atoms with Gasteiger partial charge in [-0.15, -0.1) is 0 Å². The smallest absolute Gasteiger partial charge is 0.214 e. The van der Waals surface area contributed by atoms with Crippen molar-refractivity contribution in [3.63, 3.8) is 0 Å². The second kappa shape index (κ2) is 10.8. The van der Waals surface area contributed by atoms with Crippen LogP contribution in [-0.4, -0.2) is 47.5 Å². The van der Waals surface area contributed by atoms with Gasteiger partial charge in [-0.25, -0.2) is 37.1 Å². The van der Waals surface area contributed by atoms with Gasteiger partial charge < -0.3 is 10.2 Å². The van der Waals surface area contributed by atoms with E-state index < -0.39 is 42.8 Å². The average molecular weight is 501 g/mol. The summed E-state index contributed by atoms with van der Waals surface area (Å²) in [4.78, 5) is 7.61. The van der Waals surface area contributed by atoms with Crippen LogP contribution in [0.25, 0.3) is 0 Å². The van der Waals surface area contributed by atoms with Gasteiger partial charge in [-0.2, -0.15) is 0 Å². The van der Waals surface area contributed by atoms with Crippen LogP contribution in [0.4, 0.5) is 0 Å². The molecule has 0 amide bonds. The van der Waals surface area contributed by atoms with Gasteiger partial charge in [0.15, 0.2) is 0 Å². The van der Waals surface area contributed by atoms with E-state index in [-0.39, 0.29) is 21.7 Å². The number of primary sulfonamides is 2. The molecule has 0 spiro atoms. The summed E-state index contributed by atoms with van der Waals surface area (Å²) >= 11 is 11.2. The predicted molar refractivity (Wildman–Crippen MR) is 114 cm³/mol. The van der Waals surface area contributed by atoms with Crippen molar-refractivity contribution < 1.29 is 27.0 Å². The first-order valence-electron chi connectivity index (χ1n) is 8.29. The third-order valence-corrected chi connectivity index (χ3v) is 7.01. The quantitative estimate of drug-likeness (QED) is 0.420. The van der Waals surface area contributed by atoms with Crippen molar-refractivity contribution in [3.05, 3.63) is 58.1 Å². The number of aliphatic hydroxyl groups is 2. The molecule has 14 heteroatoms. The van der Waals surface area contributed by atoms with E-state index >= 15 is 0 Å². The first-order chi connectivity index (χ1) is 13.6. The molecule has 0 radical (unpaired) electrons. The topological polar surface area (TPSA) is 187 Å². The van der Waals surface area contributed by atoms with Gasteiger partial charge >= 0.3 is 0 Å². The Morgan fingerprint density at radius 1 is 0.767 bits per heavy atom. The molecule has 0 bridgehead atoms. The Balaban J connectivity index is 0.000000300. The maximum Gasteiger partial charge on any atom is 0.214 e. The number of hydrogen-bond donors (Lipinski definition) is 4. The first-order valence-corrected chi connectivity index (χ1v) is 12.3. The molecule has 0 aliphatic heterocycles. The molecule has 2 heterocycles. The lowest BCUT2D eigenvalue weighted by atomic mass is 10.2. The van der Waals surface area contributed by atoms with E-state index in [1.54, 1.807) is 12.1 Å². The number of sulfonamides is 2. The molecule has 2 aromatic rings. The number of aliphatic hydroxyl groups excluding tert-OH is 2. The Hall–Kier alpha value is -1.38. The van der Waals surface area contributed by atoms with E-state index in [4.69, 9.17) is 33.5 Å². The van der Waals surface area contributed by atoms with Crippen LogP contribution in [0.2, 0.25) is 10.3 Å². The van der Waals surface area contributed by atoms with Crippen molar-refractivity contribution in [2.24, 2.45) is 10.3 Å². The number of nitrogens with zero attached hydrogens (tertiary/aromatic N) is 2. The van der Waals surface area contributed by atoms with Crippen LogP contribution < -0.4 is 10.3 Å². The summed E-state index contributed by atoms with van der Waals surface area (Å²) in [5.41, 5.74) is 0.369. The maximum absolute atomic E-state index is 11.0. The van der Waals surface area contributed by atoms with Crippen LogP contribution in [0.5, 0.6) is 0 Å². The van der Waals surface area contributed by atoms with Crippen molar-refractivity contribution in [3.8, 4) is 0 Å². The van der Waals surface area contributed by atoms with Crippen LogP contribution in [0.3, 0.4) is 0 Å². The van der Waals surface area contributed by atoms with Gasteiger partial charge in [0.1, 0.15) is 33.0 Å². The van der Waals surface area contributed by atoms with E-state index in [1.165, 1.54) is 38.1 Å². The maximum atomic E-state index is 11.0. The first kappa shape index (κ1) is 26.7. The molecule has 0 unspecified atom stereocenters. The lowest BCUT2D eigenvalue weighted by molar-refractivity contribution is 0.171. The molecule has 2 rings (SSSR count). The summed E-state index contributed by atoms with van der Waals surface area (Å²) in [6, 6.07) is 9.17. The van der Waals surface area contributed by atoms with Gasteiger partial charge in [-0.1, -0.05) is 35.3 Å². The Morgan fingerprint density at radius 2 is 1.07 bits per heavy atom. The molecule has 0 fully saturated rings. The lowest BCUT2D eigenvalue weighted by Gasteiger charge is -2.16. The highest BCUT2D eigenvalue weighted by Gasteiger charge is 2.28. The molecule has 4 atom stereocenters. The fraction of sp³-hybridized carbons (Fsp3) is 0.375. The number of halogens is 2. The summed E-state index contributed by atoms with van der Waals surface area (Å²) < 4.78 is 44.0. The summed E-state index contributed by atoms with van der Waals surface area (Å²) in [5, 5.41) is 27.3. The van der Waals surface area contributed by atoms with Crippen molar-refractivity contribution in [1.29, 1.82) is 0 Å². The number of hydrogen-bond acceptors (Lipinski definition) is 8. The molecule has 168 valence electrons. The normalized spacial score (nSPS) is 16.0. The minimum Gasteiger partial charge on any atom is -0.385 e. The van der Waals surface area contributed by atoms with Gasteiger partial charge in [0.25, 0.3) is 0 Å². The molecule has 2 aromatic heterocycles. The van der Waals surface area contributed by atoms with E-state index in [0.717, 1.165) is 0 Å². The summed E-state index contributed by atoms with van der Waals surface area (Å²) in [6.07, 6.45) is -2.56. The van der Waals surface area contributed by atoms with Gasteiger partial charge in [0.2, 0.25) is 20.0 Å². The molecule has 0 saturated carbocycles. The predicted octanol–water partition coefficient (Wildman–Crippen LogP) is 0.891. The zero-order valence-electron chi connectivity index (χ0n) is 15.9. The van der Waals surface area contributed by atoms with Crippen LogP contribution >= 0.6 is 23.2 Å². The fourth-order valence-corrected chi connectivity index (χ4v) is 3.36. The number of aromatic nitrogens is 2. The SMILES string of the molecule is C[C@@H]([C@H](O)c1cccc(Cl)n1)S(N)(=O)=O.C[C@H]([C@@H](O)c1cccc(Cl)n1)S(N)(=O)=O. The van der Waals surface area contributed by atoms with Crippen LogP contribution in [-0.2, 0) is 20.0 Å². The molecule has 10 nitrogen and oxygen atoms in total. The van der Waals surface area contributed by atoms with Gasteiger partial charge in [0, 0.05) is 0 Å². The second-order valence-corrected chi connectivity index (χ2v) is 10.9. The summed E-state index contributed by atoms with van der Waals surface area (Å²) in [6.45, 7) is 2.62. The van der Waals surface area contributed by atoms with Gasteiger partial charge in [-0.3, -0.25) is 0 Å². The van der Waals surface area contributed by atoms with Crippen molar-refractivity contribution in [2.75, 3.05) is 0 Å². The zero-order chi connectivity index (χ0) is 23.3. The van der Waals surface area contributed by atoms with E-state index in [9.17, 15) is 27.0 Å². The Kier molecular flexibility index (Phi) is 9.57. The minimum absolute atomic E-state index is 0.184. The highest BCUT2D eigenvalue weighted by molar-refractivity contribution is 7.90. The van der Waals surface area contributed by atoms with Crippen molar-refractivity contribution >= 4 is 43.2 Å². The Morgan fingerprint density at radius 3 is 1.30 bits per heavy atom. The summed E-state index contributed by atoms with van der Waals surface area (Å²) in [7, 11) is -7.59. The third-order valence-electron chi connectivity index (χ3n) is 4.01. The lowest BCUT2D eigenvalue weighted by Crippen LogP contribution is -2.31. The molecular weight excluding hydrogens is 479 g/mol. The molecule has 0 aromatic carbocycles. The zero-order valence-corrected chi connectivity index (χ0v) is 19.1. The molecule has 0 aliphatic rings. The number of nitrogens with two attached hydrogens (primary N) is 2. The molecular formula is C16H22Cl2N4O6S2. The highest BCUT2D eigenvalue weighted by Crippen LogP contribution is 2.21. The monoisotopic (exact) mass is 500 g/mol. The van der Waals surface area contributed by atoms with E-state index in [0.29, 0.717) is 0 Å². The average Bonchev–Trinajstić information content (AvgIpc) is 2.64. The van der Waals surface area contributed by atoms with Gasteiger partial charge in [-0.05, 0) is 38.1 Å². The summed E-state index contributed by atoms with van der Waals surface area (Å²) in [5.74, 6) is 0. The Bertz CT molecular complexity index is 983. The Labute approximate surface area is 185 Å². The van der Waals surface area contributed by atoms with Crippen molar-refractivity contribution in [2.45, 2.75) is 36.6 Å². The second-order valence-electron chi connectivity index (χ2n) is 6.25. The van der Waals surface area contributed by atoms with Gasteiger partial charge in [0.05, 0.1) is 11.4 Å². The third kappa shape index (κ3) is 8.04. The minimum atomic E-state index is -3.80. The molecule has 0 saturated heterocycles. The largest absolute Gasteiger partial charge is 0.385 e. The van der Waals surface area contributed by atoms with Crippen LogP contribution in [0.15, 0.2) is 36.4 Å². The molecule has 30 heavy (non-hydrogen) atoms. The number of rotatable bonds is 6. The van der Waals surface area contributed by atoms with Crippen LogP contribution in [0, 0.1) is 0 Å². The fourth-order valence-electron chi connectivity index (χ4n) is 2.02. The van der Waals surface area contributed by atoms with E-state index in [2.05, 4.69) is 9.97 Å². The van der Waals surface area contributed by atoms with Crippen LogP contribution in [0.1, 0.15) is 37.4 Å². The number of pyridine rings is 2. The molecule has 0 aliphatic carbocycles. The van der Waals surface area contributed by atoms with E-state index in [1.807, 2.05) is 0 Å².